The summed E-state index contributed by atoms with van der Waals surface area (Å²) in [4.78, 5) is 0. The highest BCUT2D eigenvalue weighted by Gasteiger charge is 2.52. The van der Waals surface area contributed by atoms with Crippen molar-refractivity contribution < 1.29 is 4.74 Å². The summed E-state index contributed by atoms with van der Waals surface area (Å²) in [6.45, 7) is 4.52. The van der Waals surface area contributed by atoms with E-state index in [0.29, 0.717) is 5.92 Å². The molecule has 0 amide bonds. The predicted octanol–water partition coefficient (Wildman–Crippen LogP) is 5.27. The molecule has 1 saturated heterocycles. The summed E-state index contributed by atoms with van der Waals surface area (Å²) in [6, 6.07) is 31.8. The zero-order chi connectivity index (χ0) is 18.0. The molecule has 0 aliphatic carbocycles. The summed E-state index contributed by atoms with van der Waals surface area (Å²) in [6.07, 6.45) is -0.135. The van der Waals surface area contributed by atoms with Crippen molar-refractivity contribution in [1.29, 1.82) is 0 Å². The van der Waals surface area contributed by atoms with E-state index < -0.39 is 5.60 Å². The van der Waals surface area contributed by atoms with E-state index in [1.807, 2.05) is 6.07 Å². The van der Waals surface area contributed by atoms with Gasteiger partial charge >= 0.3 is 0 Å². The van der Waals surface area contributed by atoms with Crippen LogP contribution in [0.4, 0.5) is 0 Å². The molecule has 1 heterocycles. The quantitative estimate of drug-likeness (QED) is 0.696. The highest BCUT2D eigenvalue weighted by molar-refractivity contribution is 5.41. The maximum Gasteiger partial charge on any atom is 0.136 e. The van der Waals surface area contributed by atoms with Gasteiger partial charge in [-0.3, -0.25) is 5.32 Å². The number of nitrogens with one attached hydrogen (secondary N) is 1. The van der Waals surface area contributed by atoms with Crippen molar-refractivity contribution in [2.24, 2.45) is 5.92 Å². The van der Waals surface area contributed by atoms with Gasteiger partial charge in [-0.1, -0.05) is 105 Å². The lowest BCUT2D eigenvalue weighted by atomic mass is 9.76. The van der Waals surface area contributed by atoms with E-state index in [-0.39, 0.29) is 12.3 Å². The van der Waals surface area contributed by atoms with Gasteiger partial charge in [-0.25, -0.2) is 0 Å². The molecule has 2 atom stereocenters. The van der Waals surface area contributed by atoms with Crippen LogP contribution in [0.2, 0.25) is 0 Å². The molecule has 1 fully saturated rings. The molecule has 3 aromatic rings. The molecule has 0 bridgehead atoms. The van der Waals surface area contributed by atoms with Gasteiger partial charge in [0.25, 0.3) is 0 Å². The van der Waals surface area contributed by atoms with Crippen LogP contribution >= 0.6 is 0 Å². The lowest BCUT2D eigenvalue weighted by Gasteiger charge is -2.37. The number of hydrogen-bond donors (Lipinski definition) is 1. The molecule has 0 spiro atoms. The third-order valence-corrected chi connectivity index (χ3v) is 5.25. The van der Waals surface area contributed by atoms with Crippen LogP contribution < -0.4 is 5.32 Å². The smallest absolute Gasteiger partial charge is 0.136 e. The zero-order valence-electron chi connectivity index (χ0n) is 15.3. The van der Waals surface area contributed by atoms with Crippen LogP contribution in [0.25, 0.3) is 0 Å². The first kappa shape index (κ1) is 17.0. The van der Waals surface area contributed by atoms with Crippen molar-refractivity contribution in [2.45, 2.75) is 31.7 Å². The average Bonchev–Trinajstić information content (AvgIpc) is 3.12. The molecule has 2 heteroatoms. The number of benzene rings is 3. The molecule has 0 unspecified atom stereocenters. The van der Waals surface area contributed by atoms with Gasteiger partial charge in [-0.2, -0.15) is 0 Å². The molecule has 0 saturated carbocycles. The monoisotopic (exact) mass is 343 g/mol. The maximum atomic E-state index is 6.87. The van der Waals surface area contributed by atoms with Crippen molar-refractivity contribution in [1.82, 2.24) is 5.32 Å². The number of hydrogen-bond acceptors (Lipinski definition) is 2. The van der Waals surface area contributed by atoms with Crippen LogP contribution in [0.5, 0.6) is 0 Å². The molecule has 1 aliphatic rings. The molecular weight excluding hydrogens is 318 g/mol. The minimum Gasteiger partial charge on any atom is -0.341 e. The summed E-state index contributed by atoms with van der Waals surface area (Å²) in [7, 11) is 0. The Morgan fingerprint density at radius 2 is 1.19 bits per heavy atom. The number of ether oxygens (including phenoxy) is 1. The standard InChI is InChI=1S/C24H25NO/c1-18(2)22-24(20-14-8-4-9-15-20,21-16-10-5-11-17-21)26-23(25-22)19-12-6-3-7-13-19/h3-18,22-23,25H,1-2H3/t22-,23+/m0/s1. The SMILES string of the molecule is CC(C)[C@@H]1N[C@@H](c2ccccc2)OC1(c1ccccc1)c1ccccc1. The Bertz CT molecular complexity index is 790. The molecule has 1 aliphatic heterocycles. The van der Waals surface area contributed by atoms with Crippen LogP contribution in [0.15, 0.2) is 91.0 Å². The Morgan fingerprint density at radius 1 is 0.731 bits per heavy atom. The van der Waals surface area contributed by atoms with E-state index in [4.69, 9.17) is 4.74 Å². The molecule has 0 aromatic heterocycles. The molecule has 2 nitrogen and oxygen atoms in total. The fraction of sp³-hybridized carbons (Fsp3) is 0.250. The highest BCUT2D eigenvalue weighted by Crippen LogP contribution is 2.47. The largest absolute Gasteiger partial charge is 0.341 e. The Morgan fingerprint density at radius 3 is 1.65 bits per heavy atom. The first-order valence-electron chi connectivity index (χ1n) is 9.31. The lowest BCUT2D eigenvalue weighted by molar-refractivity contribution is -0.0298. The lowest BCUT2D eigenvalue weighted by Crippen LogP contribution is -2.45. The highest BCUT2D eigenvalue weighted by atomic mass is 16.5. The second-order valence-electron chi connectivity index (χ2n) is 7.26. The van der Waals surface area contributed by atoms with E-state index in [1.165, 1.54) is 11.1 Å². The first-order chi connectivity index (χ1) is 12.7. The predicted molar refractivity (Wildman–Crippen MR) is 106 cm³/mol. The topological polar surface area (TPSA) is 21.3 Å². The van der Waals surface area contributed by atoms with Crippen molar-refractivity contribution in [3.63, 3.8) is 0 Å². The molecule has 132 valence electrons. The molecular formula is C24H25NO. The first-order valence-corrected chi connectivity index (χ1v) is 9.31. The summed E-state index contributed by atoms with van der Waals surface area (Å²) in [5.41, 5.74) is 3.02. The summed E-state index contributed by atoms with van der Waals surface area (Å²) in [5, 5.41) is 3.77. The third kappa shape index (κ3) is 2.86. The van der Waals surface area contributed by atoms with Crippen LogP contribution in [0, 0.1) is 5.92 Å². The van der Waals surface area contributed by atoms with Crippen molar-refractivity contribution >= 4 is 0 Å². The summed E-state index contributed by atoms with van der Waals surface area (Å²) >= 11 is 0. The second kappa shape index (κ2) is 7.06. The Kier molecular flexibility index (Phi) is 4.62. The van der Waals surface area contributed by atoms with E-state index >= 15 is 0 Å². The van der Waals surface area contributed by atoms with Gasteiger partial charge in [0.1, 0.15) is 11.8 Å². The van der Waals surface area contributed by atoms with E-state index in [2.05, 4.69) is 104 Å². The fourth-order valence-electron chi connectivity index (χ4n) is 4.06. The summed E-state index contributed by atoms with van der Waals surface area (Å²) < 4.78 is 6.87. The van der Waals surface area contributed by atoms with Crippen LogP contribution in [-0.2, 0) is 10.3 Å². The van der Waals surface area contributed by atoms with Crippen molar-refractivity contribution in [3.05, 3.63) is 108 Å². The Hall–Kier alpha value is -2.42. The van der Waals surface area contributed by atoms with Gasteiger partial charge in [0, 0.05) is 6.04 Å². The van der Waals surface area contributed by atoms with E-state index in [9.17, 15) is 0 Å². The number of rotatable bonds is 4. The molecule has 1 N–H and O–H groups in total. The molecule has 4 rings (SSSR count). The average molecular weight is 343 g/mol. The second-order valence-corrected chi connectivity index (χ2v) is 7.26. The Balaban J connectivity index is 1.88. The zero-order valence-corrected chi connectivity index (χ0v) is 15.3. The van der Waals surface area contributed by atoms with Gasteiger partial charge in [0.15, 0.2) is 0 Å². The summed E-state index contributed by atoms with van der Waals surface area (Å²) in [5.74, 6) is 0.407. The minimum atomic E-state index is -0.517. The minimum absolute atomic E-state index is 0.135. The third-order valence-electron chi connectivity index (χ3n) is 5.25. The molecule has 26 heavy (non-hydrogen) atoms. The van der Waals surface area contributed by atoms with Gasteiger partial charge in [0.2, 0.25) is 0 Å². The van der Waals surface area contributed by atoms with E-state index in [1.54, 1.807) is 0 Å². The van der Waals surface area contributed by atoms with Gasteiger partial charge < -0.3 is 4.74 Å². The fourth-order valence-corrected chi connectivity index (χ4v) is 4.06. The van der Waals surface area contributed by atoms with Gasteiger partial charge in [-0.15, -0.1) is 0 Å². The van der Waals surface area contributed by atoms with E-state index in [0.717, 1.165) is 5.56 Å². The van der Waals surface area contributed by atoms with Crippen LogP contribution in [0.1, 0.15) is 36.8 Å². The normalized spacial score (nSPS) is 21.8. The van der Waals surface area contributed by atoms with Crippen molar-refractivity contribution in [3.8, 4) is 0 Å². The van der Waals surface area contributed by atoms with Crippen molar-refractivity contribution in [2.75, 3.05) is 0 Å². The van der Waals surface area contributed by atoms with Crippen LogP contribution in [-0.4, -0.2) is 6.04 Å². The van der Waals surface area contributed by atoms with Crippen LogP contribution in [0.3, 0.4) is 0 Å². The van der Waals surface area contributed by atoms with Gasteiger partial charge in [-0.05, 0) is 22.6 Å². The van der Waals surface area contributed by atoms with Gasteiger partial charge in [0.05, 0.1) is 0 Å². The molecule has 3 aromatic carbocycles. The molecule has 0 radical (unpaired) electrons. The Labute approximate surface area is 155 Å². The maximum absolute atomic E-state index is 6.87.